The summed E-state index contributed by atoms with van der Waals surface area (Å²) in [6, 6.07) is 2.01. The molecule has 0 bridgehead atoms. The molecule has 0 atom stereocenters. The first-order chi connectivity index (χ1) is 7.61. The zero-order valence-corrected chi connectivity index (χ0v) is 10.2. The van der Waals surface area contributed by atoms with Crippen LogP contribution in [-0.2, 0) is 0 Å². The number of nitrogens with zero attached hydrogens (tertiary/aromatic N) is 3. The van der Waals surface area contributed by atoms with Crippen molar-refractivity contribution in [2.45, 2.75) is 39.5 Å². The van der Waals surface area contributed by atoms with E-state index in [9.17, 15) is 0 Å². The minimum Gasteiger partial charge on any atom is -0.259 e. The van der Waals surface area contributed by atoms with Crippen LogP contribution in [0.4, 0.5) is 0 Å². The molecule has 3 heteroatoms. The van der Waals surface area contributed by atoms with Gasteiger partial charge in [0.25, 0.3) is 0 Å². The van der Waals surface area contributed by atoms with Crippen LogP contribution in [0.2, 0.25) is 0 Å². The first-order valence-corrected chi connectivity index (χ1v) is 5.70. The van der Waals surface area contributed by atoms with Crippen molar-refractivity contribution in [1.29, 1.82) is 0 Å². The molecule has 2 aromatic rings. The normalized spacial score (nSPS) is 11.6. The smallest absolute Gasteiger partial charge is 0.116 e. The standard InChI is InChI=1S/C13H17N3/c1-8(2)11-10-5-6-14-12(9(3)4)13(10)16-7-15-11/h5-9H,1-4H3. The number of hydrogen-bond acceptors (Lipinski definition) is 3. The first kappa shape index (κ1) is 11.0. The van der Waals surface area contributed by atoms with Gasteiger partial charge in [0.1, 0.15) is 6.33 Å². The average Bonchev–Trinajstić information content (AvgIpc) is 2.27. The molecular formula is C13H17N3. The second-order valence-electron chi connectivity index (χ2n) is 4.66. The molecule has 0 N–H and O–H groups in total. The minimum absolute atomic E-state index is 0.388. The molecule has 0 unspecified atom stereocenters. The molecule has 0 fully saturated rings. The van der Waals surface area contributed by atoms with Gasteiger partial charge in [-0.2, -0.15) is 0 Å². The summed E-state index contributed by atoms with van der Waals surface area (Å²) >= 11 is 0. The van der Waals surface area contributed by atoms with Crippen molar-refractivity contribution >= 4 is 10.9 Å². The molecule has 0 radical (unpaired) electrons. The van der Waals surface area contributed by atoms with E-state index in [1.807, 2.05) is 12.3 Å². The van der Waals surface area contributed by atoms with E-state index in [1.165, 1.54) is 0 Å². The van der Waals surface area contributed by atoms with Crippen LogP contribution in [0.15, 0.2) is 18.6 Å². The SMILES string of the molecule is CC(C)c1ncnc2c(C(C)C)nccc12. The Balaban J connectivity index is 2.76. The molecule has 3 nitrogen and oxygen atoms in total. The number of rotatable bonds is 2. The van der Waals surface area contributed by atoms with E-state index in [4.69, 9.17) is 0 Å². The third-order valence-electron chi connectivity index (χ3n) is 2.71. The lowest BCUT2D eigenvalue weighted by Crippen LogP contribution is -2.01. The Bertz CT molecular complexity index is 456. The van der Waals surface area contributed by atoms with Gasteiger partial charge in [-0.1, -0.05) is 27.7 Å². The molecular weight excluding hydrogens is 198 g/mol. The summed E-state index contributed by atoms with van der Waals surface area (Å²) in [6.45, 7) is 8.58. The van der Waals surface area contributed by atoms with Crippen LogP contribution in [0.5, 0.6) is 0 Å². The fraction of sp³-hybridized carbons (Fsp3) is 0.462. The van der Waals surface area contributed by atoms with Crippen molar-refractivity contribution < 1.29 is 0 Å². The van der Waals surface area contributed by atoms with Gasteiger partial charge >= 0.3 is 0 Å². The highest BCUT2D eigenvalue weighted by Gasteiger charge is 2.12. The topological polar surface area (TPSA) is 38.7 Å². The van der Waals surface area contributed by atoms with Gasteiger partial charge in [-0.25, -0.2) is 9.97 Å². The Morgan fingerprint density at radius 1 is 0.875 bits per heavy atom. The zero-order chi connectivity index (χ0) is 11.7. The maximum Gasteiger partial charge on any atom is 0.116 e. The molecule has 0 aromatic carbocycles. The molecule has 84 valence electrons. The summed E-state index contributed by atoms with van der Waals surface area (Å²) in [7, 11) is 0. The monoisotopic (exact) mass is 215 g/mol. The van der Waals surface area contributed by atoms with Crippen LogP contribution in [0, 0.1) is 0 Å². The van der Waals surface area contributed by atoms with Crippen molar-refractivity contribution in [3.63, 3.8) is 0 Å². The molecule has 0 aliphatic rings. The van der Waals surface area contributed by atoms with Gasteiger partial charge in [0.05, 0.1) is 16.9 Å². The van der Waals surface area contributed by atoms with E-state index in [2.05, 4.69) is 42.6 Å². The number of aromatic nitrogens is 3. The van der Waals surface area contributed by atoms with E-state index < -0.39 is 0 Å². The van der Waals surface area contributed by atoms with Gasteiger partial charge in [-0.3, -0.25) is 4.98 Å². The summed E-state index contributed by atoms with van der Waals surface area (Å²) in [5.74, 6) is 0.798. The Hall–Kier alpha value is -1.51. The highest BCUT2D eigenvalue weighted by Crippen LogP contribution is 2.25. The second kappa shape index (κ2) is 4.16. The number of hydrogen-bond donors (Lipinski definition) is 0. The lowest BCUT2D eigenvalue weighted by molar-refractivity contribution is 0.812. The van der Waals surface area contributed by atoms with E-state index in [0.29, 0.717) is 11.8 Å². The highest BCUT2D eigenvalue weighted by atomic mass is 14.9. The zero-order valence-electron chi connectivity index (χ0n) is 10.2. The van der Waals surface area contributed by atoms with Crippen molar-refractivity contribution in [1.82, 2.24) is 15.0 Å². The van der Waals surface area contributed by atoms with Crippen LogP contribution in [0.25, 0.3) is 10.9 Å². The average molecular weight is 215 g/mol. The van der Waals surface area contributed by atoms with Crippen molar-refractivity contribution in [2.24, 2.45) is 0 Å². The van der Waals surface area contributed by atoms with E-state index in [-0.39, 0.29) is 0 Å². The van der Waals surface area contributed by atoms with Gasteiger partial charge in [0.2, 0.25) is 0 Å². The quantitative estimate of drug-likeness (QED) is 0.771. The second-order valence-corrected chi connectivity index (χ2v) is 4.66. The summed E-state index contributed by atoms with van der Waals surface area (Å²) < 4.78 is 0. The third-order valence-corrected chi connectivity index (χ3v) is 2.71. The van der Waals surface area contributed by atoms with E-state index in [0.717, 1.165) is 22.3 Å². The third kappa shape index (κ3) is 1.77. The number of fused-ring (bicyclic) bond motifs is 1. The molecule has 0 spiro atoms. The molecule has 0 saturated heterocycles. The van der Waals surface area contributed by atoms with Gasteiger partial charge < -0.3 is 0 Å². The Labute approximate surface area is 96.0 Å². The first-order valence-electron chi connectivity index (χ1n) is 5.70. The van der Waals surface area contributed by atoms with Crippen LogP contribution in [-0.4, -0.2) is 15.0 Å². The fourth-order valence-corrected chi connectivity index (χ4v) is 1.91. The highest BCUT2D eigenvalue weighted by molar-refractivity contribution is 5.83. The Morgan fingerprint density at radius 3 is 2.19 bits per heavy atom. The number of pyridine rings is 1. The lowest BCUT2D eigenvalue weighted by atomic mass is 10.0. The maximum absolute atomic E-state index is 4.42. The molecule has 2 rings (SSSR count). The largest absolute Gasteiger partial charge is 0.259 e. The lowest BCUT2D eigenvalue weighted by Gasteiger charge is -2.11. The maximum atomic E-state index is 4.42. The van der Waals surface area contributed by atoms with Gasteiger partial charge in [0.15, 0.2) is 0 Å². The molecule has 2 aromatic heterocycles. The minimum atomic E-state index is 0.388. The molecule has 2 heterocycles. The van der Waals surface area contributed by atoms with Crippen LogP contribution < -0.4 is 0 Å². The van der Waals surface area contributed by atoms with Gasteiger partial charge in [-0.15, -0.1) is 0 Å². The van der Waals surface area contributed by atoms with Crippen LogP contribution in [0.1, 0.15) is 50.9 Å². The van der Waals surface area contributed by atoms with Crippen molar-refractivity contribution in [3.05, 3.63) is 30.0 Å². The van der Waals surface area contributed by atoms with Gasteiger partial charge in [-0.05, 0) is 17.9 Å². The van der Waals surface area contributed by atoms with Gasteiger partial charge in [0, 0.05) is 11.6 Å². The molecule has 0 aliphatic carbocycles. The van der Waals surface area contributed by atoms with E-state index >= 15 is 0 Å². The Morgan fingerprint density at radius 2 is 1.56 bits per heavy atom. The molecule has 0 aliphatic heterocycles. The fourth-order valence-electron chi connectivity index (χ4n) is 1.91. The molecule has 0 amide bonds. The Kier molecular flexibility index (Phi) is 2.86. The molecule has 0 saturated carbocycles. The van der Waals surface area contributed by atoms with Crippen molar-refractivity contribution in [2.75, 3.05) is 0 Å². The van der Waals surface area contributed by atoms with Crippen LogP contribution >= 0.6 is 0 Å². The summed E-state index contributed by atoms with van der Waals surface area (Å²) in [6.07, 6.45) is 3.50. The summed E-state index contributed by atoms with van der Waals surface area (Å²) in [5, 5.41) is 1.14. The predicted octanol–water partition coefficient (Wildman–Crippen LogP) is 3.27. The molecule has 16 heavy (non-hydrogen) atoms. The van der Waals surface area contributed by atoms with Crippen molar-refractivity contribution in [3.8, 4) is 0 Å². The van der Waals surface area contributed by atoms with Crippen LogP contribution in [0.3, 0.4) is 0 Å². The summed E-state index contributed by atoms with van der Waals surface area (Å²) in [4.78, 5) is 13.2. The van der Waals surface area contributed by atoms with E-state index in [1.54, 1.807) is 6.33 Å². The summed E-state index contributed by atoms with van der Waals surface area (Å²) in [5.41, 5.74) is 3.16. The predicted molar refractivity (Wildman–Crippen MR) is 65.5 cm³/mol.